The third-order valence-electron chi connectivity index (χ3n) is 3.58. The number of benzene rings is 1. The van der Waals surface area contributed by atoms with Gasteiger partial charge in [-0.3, -0.25) is 10.3 Å². The fourth-order valence-corrected chi connectivity index (χ4v) is 2.38. The lowest BCUT2D eigenvalue weighted by Crippen LogP contribution is -2.30. The van der Waals surface area contributed by atoms with Crippen molar-refractivity contribution in [2.24, 2.45) is 5.73 Å². The number of hydrogen-bond acceptors (Lipinski definition) is 3. The van der Waals surface area contributed by atoms with Crippen molar-refractivity contribution in [3.8, 4) is 5.75 Å². The number of nitrogens with two attached hydrogens (primary N) is 1. The zero-order chi connectivity index (χ0) is 14.4. The lowest BCUT2D eigenvalue weighted by Gasteiger charge is -2.27. The Balaban J connectivity index is 2.97. The second kappa shape index (κ2) is 7.14. The lowest BCUT2D eigenvalue weighted by molar-refractivity contribution is 0.219. The van der Waals surface area contributed by atoms with E-state index >= 15 is 0 Å². The smallest absolute Gasteiger partial charge is 0.123 e. The van der Waals surface area contributed by atoms with E-state index in [2.05, 4.69) is 25.8 Å². The highest BCUT2D eigenvalue weighted by Crippen LogP contribution is 2.22. The molecule has 19 heavy (non-hydrogen) atoms. The van der Waals surface area contributed by atoms with E-state index in [1.165, 1.54) is 0 Å². The molecule has 0 aliphatic heterocycles. The summed E-state index contributed by atoms with van der Waals surface area (Å²) >= 11 is 0. The van der Waals surface area contributed by atoms with E-state index in [-0.39, 0.29) is 5.84 Å². The summed E-state index contributed by atoms with van der Waals surface area (Å²) in [4.78, 5) is 2.32. The molecule has 0 heterocycles. The van der Waals surface area contributed by atoms with Crippen LogP contribution < -0.4 is 10.5 Å². The number of nitrogens with zero attached hydrogens (tertiary/aromatic N) is 1. The summed E-state index contributed by atoms with van der Waals surface area (Å²) in [6.07, 6.45) is 2.25. The molecule has 0 radical (unpaired) electrons. The highest BCUT2D eigenvalue weighted by Gasteiger charge is 2.14. The minimum atomic E-state index is 0.0917. The number of methoxy groups -OCH3 is 1. The van der Waals surface area contributed by atoms with Gasteiger partial charge in [0.15, 0.2) is 0 Å². The third-order valence-corrected chi connectivity index (χ3v) is 3.58. The number of rotatable bonds is 7. The van der Waals surface area contributed by atoms with Gasteiger partial charge in [-0.15, -0.1) is 0 Å². The van der Waals surface area contributed by atoms with Crippen molar-refractivity contribution in [1.29, 1.82) is 5.41 Å². The zero-order valence-electron chi connectivity index (χ0n) is 12.4. The van der Waals surface area contributed by atoms with Crippen molar-refractivity contribution in [3.63, 3.8) is 0 Å². The van der Waals surface area contributed by atoms with E-state index in [0.717, 1.165) is 36.3 Å². The molecule has 0 aromatic heterocycles. The van der Waals surface area contributed by atoms with Crippen LogP contribution in [0.25, 0.3) is 0 Å². The molecule has 0 saturated carbocycles. The Bertz CT molecular complexity index is 427. The molecule has 3 N–H and O–H groups in total. The van der Waals surface area contributed by atoms with E-state index in [4.69, 9.17) is 15.9 Å². The van der Waals surface area contributed by atoms with Crippen molar-refractivity contribution < 1.29 is 4.74 Å². The van der Waals surface area contributed by atoms with Gasteiger partial charge in [-0.1, -0.05) is 13.8 Å². The average molecular weight is 263 g/mol. The predicted molar refractivity (Wildman–Crippen MR) is 79.8 cm³/mol. The maximum Gasteiger partial charge on any atom is 0.123 e. The van der Waals surface area contributed by atoms with Gasteiger partial charge in [-0.05, 0) is 38.1 Å². The molecular formula is C15H25N3O. The summed E-state index contributed by atoms with van der Waals surface area (Å²) in [7, 11) is 3.79. The molecule has 1 aromatic rings. The fourth-order valence-electron chi connectivity index (χ4n) is 2.38. The van der Waals surface area contributed by atoms with Crippen LogP contribution in [-0.2, 0) is 6.54 Å². The number of hydrogen-bond donors (Lipinski definition) is 2. The number of nitrogens with one attached hydrogen (secondary N) is 1. The van der Waals surface area contributed by atoms with Gasteiger partial charge in [-0.2, -0.15) is 0 Å². The van der Waals surface area contributed by atoms with E-state index in [1.54, 1.807) is 7.11 Å². The summed E-state index contributed by atoms with van der Waals surface area (Å²) in [5.41, 5.74) is 7.36. The number of ether oxygens (including phenoxy) is 1. The molecule has 106 valence electrons. The first-order valence-corrected chi connectivity index (χ1v) is 6.74. The number of amidine groups is 1. The molecule has 1 aromatic carbocycles. The molecule has 0 unspecified atom stereocenters. The second-order valence-electron chi connectivity index (χ2n) is 4.83. The summed E-state index contributed by atoms with van der Waals surface area (Å²) in [6.45, 7) is 5.21. The molecule has 0 fully saturated rings. The van der Waals surface area contributed by atoms with Gasteiger partial charge in [0.2, 0.25) is 0 Å². The van der Waals surface area contributed by atoms with Crippen LogP contribution in [0.2, 0.25) is 0 Å². The van der Waals surface area contributed by atoms with E-state index in [0.29, 0.717) is 6.04 Å². The van der Waals surface area contributed by atoms with Crippen LogP contribution in [0.4, 0.5) is 0 Å². The fraction of sp³-hybridized carbons (Fsp3) is 0.533. The van der Waals surface area contributed by atoms with E-state index < -0.39 is 0 Å². The number of nitrogen functional groups attached to an aromatic ring is 1. The van der Waals surface area contributed by atoms with Crippen molar-refractivity contribution >= 4 is 5.84 Å². The Morgan fingerprint density at radius 1 is 1.37 bits per heavy atom. The Hall–Kier alpha value is -1.55. The highest BCUT2D eigenvalue weighted by molar-refractivity contribution is 5.95. The first kappa shape index (κ1) is 15.5. The molecular weight excluding hydrogens is 238 g/mol. The van der Waals surface area contributed by atoms with Gasteiger partial charge < -0.3 is 10.5 Å². The van der Waals surface area contributed by atoms with Crippen molar-refractivity contribution in [3.05, 3.63) is 29.3 Å². The Labute approximate surface area is 116 Å². The van der Waals surface area contributed by atoms with Gasteiger partial charge in [0.25, 0.3) is 0 Å². The normalized spacial score (nSPS) is 11.1. The Kier molecular flexibility index (Phi) is 5.83. The van der Waals surface area contributed by atoms with Crippen LogP contribution in [0, 0.1) is 5.41 Å². The molecule has 0 aliphatic rings. The van der Waals surface area contributed by atoms with Crippen LogP contribution in [-0.4, -0.2) is 30.9 Å². The standard InChI is InChI=1S/C15H25N3O/c1-5-13(6-2)18(3)10-12-9-11(15(16)17)7-8-14(12)19-4/h7-9,13H,5-6,10H2,1-4H3,(H3,16,17). The quantitative estimate of drug-likeness (QED) is 0.587. The Morgan fingerprint density at radius 3 is 2.47 bits per heavy atom. The van der Waals surface area contributed by atoms with Crippen molar-refractivity contribution in [1.82, 2.24) is 4.90 Å². The van der Waals surface area contributed by atoms with Crippen LogP contribution in [0.1, 0.15) is 37.8 Å². The first-order valence-electron chi connectivity index (χ1n) is 6.74. The molecule has 0 aliphatic carbocycles. The van der Waals surface area contributed by atoms with Gasteiger partial charge in [0.05, 0.1) is 7.11 Å². The van der Waals surface area contributed by atoms with Gasteiger partial charge in [-0.25, -0.2) is 0 Å². The maximum absolute atomic E-state index is 7.52. The predicted octanol–water partition coefficient (Wildman–Crippen LogP) is 2.60. The highest BCUT2D eigenvalue weighted by atomic mass is 16.5. The van der Waals surface area contributed by atoms with Crippen LogP contribution in [0.3, 0.4) is 0 Å². The largest absolute Gasteiger partial charge is 0.496 e. The lowest BCUT2D eigenvalue weighted by atomic mass is 10.1. The average Bonchev–Trinajstić information content (AvgIpc) is 2.39. The summed E-state index contributed by atoms with van der Waals surface area (Å²) in [5, 5.41) is 7.52. The molecule has 4 nitrogen and oxygen atoms in total. The molecule has 0 amide bonds. The van der Waals surface area contributed by atoms with Crippen molar-refractivity contribution in [2.75, 3.05) is 14.2 Å². The van der Waals surface area contributed by atoms with Gasteiger partial charge >= 0.3 is 0 Å². The summed E-state index contributed by atoms with van der Waals surface area (Å²) in [6, 6.07) is 6.21. The molecule has 1 rings (SSSR count). The second-order valence-corrected chi connectivity index (χ2v) is 4.83. The summed E-state index contributed by atoms with van der Waals surface area (Å²) < 4.78 is 5.39. The van der Waals surface area contributed by atoms with Gasteiger partial charge in [0, 0.05) is 23.7 Å². The van der Waals surface area contributed by atoms with E-state index in [9.17, 15) is 0 Å². The minimum absolute atomic E-state index is 0.0917. The van der Waals surface area contributed by atoms with Crippen LogP contribution in [0.15, 0.2) is 18.2 Å². The monoisotopic (exact) mass is 263 g/mol. The molecule has 0 spiro atoms. The van der Waals surface area contributed by atoms with Gasteiger partial charge in [0.1, 0.15) is 11.6 Å². The topological polar surface area (TPSA) is 62.3 Å². The first-order chi connectivity index (χ1) is 9.03. The van der Waals surface area contributed by atoms with Crippen LogP contribution in [0.5, 0.6) is 5.75 Å². The molecule has 0 saturated heterocycles. The molecule has 0 atom stereocenters. The zero-order valence-corrected chi connectivity index (χ0v) is 12.4. The molecule has 0 bridgehead atoms. The maximum atomic E-state index is 7.52. The van der Waals surface area contributed by atoms with E-state index in [1.807, 2.05) is 18.2 Å². The van der Waals surface area contributed by atoms with Crippen molar-refractivity contribution in [2.45, 2.75) is 39.3 Å². The SMILES string of the molecule is CCC(CC)N(C)Cc1cc(C(=N)N)ccc1OC. The minimum Gasteiger partial charge on any atom is -0.496 e. The Morgan fingerprint density at radius 2 is 2.00 bits per heavy atom. The summed E-state index contributed by atoms with van der Waals surface area (Å²) in [5.74, 6) is 0.942. The third kappa shape index (κ3) is 3.96. The molecule has 4 heteroatoms. The van der Waals surface area contributed by atoms with Crippen LogP contribution >= 0.6 is 0 Å².